The normalized spacial score (nSPS) is 15.7. The van der Waals surface area contributed by atoms with Gasteiger partial charge in [-0.25, -0.2) is 4.39 Å². The molecule has 0 fully saturated rings. The fourth-order valence-electron chi connectivity index (χ4n) is 3.37. The van der Waals surface area contributed by atoms with E-state index in [1.54, 1.807) is 41.4 Å². The molecule has 0 unspecified atom stereocenters. The van der Waals surface area contributed by atoms with Crippen molar-refractivity contribution in [2.24, 2.45) is 5.10 Å². The lowest BCUT2D eigenvalue weighted by Crippen LogP contribution is -2.18. The molecule has 1 heterocycles. The van der Waals surface area contributed by atoms with E-state index in [9.17, 15) is 24.6 Å². The maximum atomic E-state index is 13.4. The first-order valence-corrected chi connectivity index (χ1v) is 9.04. The molecule has 0 aromatic heterocycles. The Morgan fingerprint density at radius 2 is 1.37 bits per heavy atom. The number of rotatable bonds is 5. The number of nitro benzene ring substituents is 2. The number of hydrogen-bond acceptors (Lipinski definition) is 6. The highest BCUT2D eigenvalue weighted by Crippen LogP contribution is 2.37. The third kappa shape index (κ3) is 3.72. The Kier molecular flexibility index (Phi) is 4.93. The van der Waals surface area contributed by atoms with Gasteiger partial charge in [-0.05, 0) is 47.5 Å². The van der Waals surface area contributed by atoms with E-state index in [1.165, 1.54) is 36.4 Å². The zero-order valence-corrected chi connectivity index (χ0v) is 15.5. The van der Waals surface area contributed by atoms with Crippen LogP contribution in [0.5, 0.6) is 0 Å². The first kappa shape index (κ1) is 19.2. The Balaban J connectivity index is 1.71. The van der Waals surface area contributed by atoms with Crippen molar-refractivity contribution in [3.05, 3.63) is 110 Å². The van der Waals surface area contributed by atoms with Crippen LogP contribution in [0.4, 0.5) is 21.5 Å². The number of benzene rings is 3. The van der Waals surface area contributed by atoms with Gasteiger partial charge in [-0.15, -0.1) is 0 Å². The van der Waals surface area contributed by atoms with Crippen molar-refractivity contribution in [1.29, 1.82) is 0 Å². The Hall–Kier alpha value is -4.14. The molecular weight excluding hydrogens is 391 g/mol. The summed E-state index contributed by atoms with van der Waals surface area (Å²) in [5.74, 6) is -0.352. The fraction of sp³-hybridized carbons (Fsp3) is 0.0952. The molecular formula is C21H15FN4O4. The summed E-state index contributed by atoms with van der Waals surface area (Å²) < 4.78 is 13.4. The van der Waals surface area contributed by atoms with E-state index in [0.717, 1.165) is 11.1 Å². The maximum absolute atomic E-state index is 13.4. The van der Waals surface area contributed by atoms with Gasteiger partial charge in [0.15, 0.2) is 0 Å². The Bertz CT molecular complexity index is 1130. The van der Waals surface area contributed by atoms with Crippen LogP contribution in [0.15, 0.2) is 77.9 Å². The first-order valence-electron chi connectivity index (χ1n) is 9.04. The van der Waals surface area contributed by atoms with Gasteiger partial charge in [-0.3, -0.25) is 25.2 Å². The van der Waals surface area contributed by atoms with Crippen molar-refractivity contribution in [3.63, 3.8) is 0 Å². The van der Waals surface area contributed by atoms with Crippen LogP contribution in [0.3, 0.4) is 0 Å². The summed E-state index contributed by atoms with van der Waals surface area (Å²) in [7, 11) is 0. The molecule has 30 heavy (non-hydrogen) atoms. The maximum Gasteiger partial charge on any atom is 0.269 e. The van der Waals surface area contributed by atoms with Gasteiger partial charge in [0.2, 0.25) is 0 Å². The number of hydrazone groups is 1. The summed E-state index contributed by atoms with van der Waals surface area (Å²) in [5.41, 5.74) is 2.87. The average Bonchev–Trinajstić information content (AvgIpc) is 3.20. The second-order valence-electron chi connectivity index (χ2n) is 6.74. The number of halogens is 1. The molecule has 0 bridgehead atoms. The molecule has 0 saturated carbocycles. The van der Waals surface area contributed by atoms with Gasteiger partial charge in [-0.2, -0.15) is 5.10 Å². The monoisotopic (exact) mass is 406 g/mol. The molecule has 0 amide bonds. The van der Waals surface area contributed by atoms with Crippen LogP contribution in [0.1, 0.15) is 23.6 Å². The summed E-state index contributed by atoms with van der Waals surface area (Å²) in [6, 6.07) is 18.0. The molecule has 0 aliphatic carbocycles. The zero-order valence-electron chi connectivity index (χ0n) is 15.5. The molecule has 1 aliphatic rings. The number of non-ortho nitro benzene ring substituents is 2. The molecule has 9 heteroatoms. The average molecular weight is 406 g/mol. The molecule has 0 spiro atoms. The van der Waals surface area contributed by atoms with Gasteiger partial charge >= 0.3 is 0 Å². The van der Waals surface area contributed by atoms with Crippen LogP contribution in [-0.2, 0) is 0 Å². The minimum absolute atomic E-state index is 0.0142. The van der Waals surface area contributed by atoms with E-state index in [0.29, 0.717) is 17.8 Å². The topological polar surface area (TPSA) is 102 Å². The van der Waals surface area contributed by atoms with Crippen LogP contribution in [0.25, 0.3) is 0 Å². The van der Waals surface area contributed by atoms with Crippen LogP contribution < -0.4 is 5.01 Å². The largest absolute Gasteiger partial charge is 0.269 e. The molecule has 150 valence electrons. The third-order valence-electron chi connectivity index (χ3n) is 4.90. The van der Waals surface area contributed by atoms with Gasteiger partial charge < -0.3 is 0 Å². The number of hydrogen-bond donors (Lipinski definition) is 0. The molecule has 0 radical (unpaired) electrons. The standard InChI is InChI=1S/C21H15FN4O4/c22-16-5-1-15(2-6-16)21-13-20(14-3-7-18(8-4-14)25(27)28)23-24(21)17-9-11-19(12-10-17)26(29)30/h1-12,21H,13H2/t21-/m1/s1. The minimum Gasteiger partial charge on any atom is -0.258 e. The van der Waals surface area contributed by atoms with Crippen molar-refractivity contribution in [2.75, 3.05) is 5.01 Å². The molecule has 4 rings (SSSR count). The molecule has 1 atom stereocenters. The highest BCUT2D eigenvalue weighted by molar-refractivity contribution is 6.03. The lowest BCUT2D eigenvalue weighted by atomic mass is 9.98. The van der Waals surface area contributed by atoms with Crippen molar-refractivity contribution < 1.29 is 14.2 Å². The Labute approximate surface area is 170 Å². The van der Waals surface area contributed by atoms with Gasteiger partial charge in [0.05, 0.1) is 27.3 Å². The van der Waals surface area contributed by atoms with E-state index in [1.807, 2.05) is 0 Å². The molecule has 0 N–H and O–H groups in total. The highest BCUT2D eigenvalue weighted by atomic mass is 19.1. The molecule has 3 aromatic rings. The summed E-state index contributed by atoms with van der Waals surface area (Å²) in [6.07, 6.45) is 0.487. The second kappa shape index (κ2) is 7.70. The molecule has 8 nitrogen and oxygen atoms in total. The SMILES string of the molecule is O=[N+]([O-])c1ccc(C2=NN(c3ccc([N+](=O)[O-])cc3)[C@@H](c3ccc(F)cc3)C2)cc1. The number of nitro groups is 2. The summed E-state index contributed by atoms with van der Waals surface area (Å²) in [6.45, 7) is 0. The van der Waals surface area contributed by atoms with Crippen molar-refractivity contribution in [1.82, 2.24) is 0 Å². The summed E-state index contributed by atoms with van der Waals surface area (Å²) in [5, 5.41) is 28.2. The smallest absolute Gasteiger partial charge is 0.258 e. The molecule has 0 saturated heterocycles. The summed E-state index contributed by atoms with van der Waals surface area (Å²) in [4.78, 5) is 20.9. The van der Waals surface area contributed by atoms with Crippen LogP contribution in [0, 0.1) is 26.0 Å². The second-order valence-corrected chi connectivity index (χ2v) is 6.74. The van der Waals surface area contributed by atoms with Gasteiger partial charge in [-0.1, -0.05) is 12.1 Å². The van der Waals surface area contributed by atoms with Gasteiger partial charge in [0.1, 0.15) is 5.82 Å². The number of anilines is 1. The Morgan fingerprint density at radius 3 is 1.90 bits per heavy atom. The fourth-order valence-corrected chi connectivity index (χ4v) is 3.37. The predicted molar refractivity (Wildman–Crippen MR) is 109 cm³/mol. The quantitative estimate of drug-likeness (QED) is 0.438. The first-order chi connectivity index (χ1) is 14.4. The predicted octanol–water partition coefficient (Wildman–Crippen LogP) is 5.00. The lowest BCUT2D eigenvalue weighted by Gasteiger charge is -2.23. The van der Waals surface area contributed by atoms with E-state index in [-0.39, 0.29) is 23.2 Å². The lowest BCUT2D eigenvalue weighted by molar-refractivity contribution is -0.385. The zero-order chi connectivity index (χ0) is 21.3. The van der Waals surface area contributed by atoms with E-state index >= 15 is 0 Å². The summed E-state index contributed by atoms with van der Waals surface area (Å²) >= 11 is 0. The minimum atomic E-state index is -0.475. The van der Waals surface area contributed by atoms with Crippen LogP contribution in [-0.4, -0.2) is 15.6 Å². The Morgan fingerprint density at radius 1 is 0.833 bits per heavy atom. The molecule has 1 aliphatic heterocycles. The third-order valence-corrected chi connectivity index (χ3v) is 4.90. The van der Waals surface area contributed by atoms with Crippen molar-refractivity contribution in [2.45, 2.75) is 12.5 Å². The number of nitrogens with zero attached hydrogens (tertiary/aromatic N) is 4. The van der Waals surface area contributed by atoms with Crippen LogP contribution in [0.2, 0.25) is 0 Å². The van der Waals surface area contributed by atoms with E-state index < -0.39 is 9.85 Å². The van der Waals surface area contributed by atoms with E-state index in [4.69, 9.17) is 0 Å². The van der Waals surface area contributed by atoms with Crippen LogP contribution >= 0.6 is 0 Å². The van der Waals surface area contributed by atoms with Crippen molar-refractivity contribution in [3.8, 4) is 0 Å². The van der Waals surface area contributed by atoms with E-state index in [2.05, 4.69) is 5.10 Å². The van der Waals surface area contributed by atoms with Crippen molar-refractivity contribution >= 4 is 22.8 Å². The highest BCUT2D eigenvalue weighted by Gasteiger charge is 2.30. The van der Waals surface area contributed by atoms with Gasteiger partial charge in [0.25, 0.3) is 11.4 Å². The molecule has 3 aromatic carbocycles. The van der Waals surface area contributed by atoms with Gasteiger partial charge in [0, 0.05) is 30.7 Å².